The number of halogens is 4. The van der Waals surface area contributed by atoms with Crippen LogP contribution < -0.4 is 9.62 Å². The molecule has 10 heteroatoms. The Balaban J connectivity index is 2.38. The van der Waals surface area contributed by atoms with E-state index in [-0.39, 0.29) is 29.6 Å². The Bertz CT molecular complexity index is 980. The van der Waals surface area contributed by atoms with Gasteiger partial charge >= 0.3 is 6.18 Å². The highest BCUT2D eigenvalue weighted by molar-refractivity contribution is 7.92. The highest BCUT2D eigenvalue weighted by atomic mass is 35.5. The summed E-state index contributed by atoms with van der Waals surface area (Å²) in [7, 11) is -4.17. The van der Waals surface area contributed by atoms with Gasteiger partial charge in [0.25, 0.3) is 10.0 Å². The zero-order chi connectivity index (χ0) is 22.6. The van der Waals surface area contributed by atoms with Gasteiger partial charge in [-0.05, 0) is 44.2 Å². The van der Waals surface area contributed by atoms with Crippen LogP contribution in [0, 0.1) is 5.41 Å². The van der Waals surface area contributed by atoms with Crippen LogP contribution in [0.15, 0.2) is 59.5 Å². The van der Waals surface area contributed by atoms with Crippen LogP contribution in [0.25, 0.3) is 0 Å². The van der Waals surface area contributed by atoms with Crippen LogP contribution in [0.2, 0.25) is 0 Å². The van der Waals surface area contributed by atoms with Crippen molar-refractivity contribution >= 4 is 33.2 Å². The van der Waals surface area contributed by atoms with E-state index >= 15 is 0 Å². The highest BCUT2D eigenvalue weighted by Crippen LogP contribution is 2.33. The minimum atomic E-state index is -4.63. The third-order valence-electron chi connectivity index (χ3n) is 4.34. The molecule has 2 rings (SSSR count). The summed E-state index contributed by atoms with van der Waals surface area (Å²) in [6.07, 6.45) is -4.63. The van der Waals surface area contributed by atoms with Crippen molar-refractivity contribution in [3.05, 3.63) is 60.2 Å². The first kappa shape index (κ1) is 24.0. The Morgan fingerprint density at radius 2 is 1.70 bits per heavy atom. The third-order valence-corrected chi connectivity index (χ3v) is 6.85. The quantitative estimate of drug-likeness (QED) is 0.595. The molecule has 0 aliphatic carbocycles. The number of nitrogens with one attached hydrogen (secondary N) is 1. The second-order valence-electron chi connectivity index (χ2n) is 7.21. The predicted octanol–water partition coefficient (Wildman–Crippen LogP) is 4.28. The third kappa shape index (κ3) is 5.66. The molecule has 5 nitrogen and oxygen atoms in total. The number of hydrogen-bond donors (Lipinski definition) is 1. The number of alkyl halides is 4. The van der Waals surface area contributed by atoms with Crippen LogP contribution >= 0.6 is 11.6 Å². The summed E-state index contributed by atoms with van der Waals surface area (Å²) in [5.74, 6) is -0.336. The lowest BCUT2D eigenvalue weighted by Gasteiger charge is -2.26. The van der Waals surface area contributed by atoms with Crippen molar-refractivity contribution in [1.29, 1.82) is 0 Å². The van der Waals surface area contributed by atoms with E-state index in [1.165, 1.54) is 30.3 Å². The molecule has 2 aromatic carbocycles. The molecular formula is C20H22ClF3N2O3S. The van der Waals surface area contributed by atoms with Crippen molar-refractivity contribution in [2.24, 2.45) is 5.41 Å². The van der Waals surface area contributed by atoms with Crippen LogP contribution in [0.4, 0.5) is 18.9 Å². The zero-order valence-corrected chi connectivity index (χ0v) is 18.0. The largest absolute Gasteiger partial charge is 0.416 e. The maximum atomic E-state index is 13.1. The molecule has 0 aromatic heterocycles. The van der Waals surface area contributed by atoms with Gasteiger partial charge in [-0.25, -0.2) is 8.42 Å². The molecule has 0 aliphatic rings. The van der Waals surface area contributed by atoms with Crippen molar-refractivity contribution in [2.75, 3.05) is 23.3 Å². The molecule has 0 aliphatic heterocycles. The number of rotatable bonds is 8. The number of carbonyl (C=O) groups is 1. The summed E-state index contributed by atoms with van der Waals surface area (Å²) in [6, 6.07) is 11.4. The minimum absolute atomic E-state index is 0.0541. The molecule has 1 amide bonds. The van der Waals surface area contributed by atoms with E-state index in [1.807, 2.05) is 0 Å². The Labute approximate surface area is 178 Å². The molecule has 30 heavy (non-hydrogen) atoms. The number of amides is 1. The van der Waals surface area contributed by atoms with Crippen LogP contribution in [0.3, 0.4) is 0 Å². The lowest BCUT2D eigenvalue weighted by atomic mass is 9.95. The summed E-state index contributed by atoms with van der Waals surface area (Å²) >= 11 is 5.76. The van der Waals surface area contributed by atoms with Crippen molar-refractivity contribution in [3.8, 4) is 0 Å². The lowest BCUT2D eigenvalue weighted by Crippen LogP contribution is -2.43. The summed E-state index contributed by atoms with van der Waals surface area (Å²) in [5, 5.41) is 2.59. The molecule has 0 saturated carbocycles. The number of anilines is 1. The number of sulfonamides is 1. The van der Waals surface area contributed by atoms with E-state index in [0.29, 0.717) is 0 Å². The van der Waals surface area contributed by atoms with Gasteiger partial charge in [-0.15, -0.1) is 11.6 Å². The Morgan fingerprint density at radius 1 is 1.07 bits per heavy atom. The molecule has 0 saturated heterocycles. The first-order chi connectivity index (χ1) is 13.9. The van der Waals surface area contributed by atoms with Gasteiger partial charge in [0.2, 0.25) is 5.91 Å². The number of hydrogen-bond acceptors (Lipinski definition) is 3. The Kier molecular flexibility index (Phi) is 7.41. The van der Waals surface area contributed by atoms with Crippen molar-refractivity contribution in [3.63, 3.8) is 0 Å². The summed E-state index contributed by atoms with van der Waals surface area (Å²) < 4.78 is 66.5. The number of carbonyl (C=O) groups excluding carboxylic acids is 1. The molecule has 2 aromatic rings. The van der Waals surface area contributed by atoms with Gasteiger partial charge in [-0.3, -0.25) is 9.10 Å². The van der Waals surface area contributed by atoms with E-state index in [4.69, 9.17) is 11.6 Å². The summed E-state index contributed by atoms with van der Waals surface area (Å²) in [6.45, 7) is 2.88. The molecule has 1 N–H and O–H groups in total. The number of nitrogens with zero attached hydrogens (tertiary/aromatic N) is 1. The fraction of sp³-hybridized carbons (Fsp3) is 0.350. The van der Waals surface area contributed by atoms with Crippen molar-refractivity contribution in [2.45, 2.75) is 24.9 Å². The summed E-state index contributed by atoms with van der Waals surface area (Å²) in [5.41, 5.74) is -2.00. The first-order valence-corrected chi connectivity index (χ1v) is 11.0. The summed E-state index contributed by atoms with van der Waals surface area (Å²) in [4.78, 5) is 12.1. The second kappa shape index (κ2) is 9.26. The fourth-order valence-electron chi connectivity index (χ4n) is 2.52. The monoisotopic (exact) mass is 462 g/mol. The van der Waals surface area contributed by atoms with E-state index in [2.05, 4.69) is 5.32 Å². The van der Waals surface area contributed by atoms with Gasteiger partial charge in [0.1, 0.15) is 0 Å². The fourth-order valence-corrected chi connectivity index (χ4v) is 4.12. The molecule has 0 fully saturated rings. The molecule has 164 valence electrons. The zero-order valence-electron chi connectivity index (χ0n) is 16.4. The van der Waals surface area contributed by atoms with E-state index in [1.54, 1.807) is 19.9 Å². The van der Waals surface area contributed by atoms with Gasteiger partial charge in [0.05, 0.1) is 28.1 Å². The van der Waals surface area contributed by atoms with Gasteiger partial charge in [0.15, 0.2) is 0 Å². The van der Waals surface area contributed by atoms with E-state index in [0.717, 1.165) is 22.5 Å². The first-order valence-electron chi connectivity index (χ1n) is 8.99. The molecule has 0 bridgehead atoms. The normalized spacial score (nSPS) is 12.5. The van der Waals surface area contributed by atoms with Gasteiger partial charge < -0.3 is 5.32 Å². The van der Waals surface area contributed by atoms with Crippen LogP contribution in [0.5, 0.6) is 0 Å². The molecule has 0 atom stereocenters. The minimum Gasteiger partial charge on any atom is -0.354 e. The lowest BCUT2D eigenvalue weighted by molar-refractivity contribution is -0.137. The highest BCUT2D eigenvalue weighted by Gasteiger charge is 2.33. The Hall–Kier alpha value is -2.26. The second-order valence-corrected chi connectivity index (χ2v) is 9.34. The maximum Gasteiger partial charge on any atom is 0.416 e. The molecule has 0 radical (unpaired) electrons. The van der Waals surface area contributed by atoms with E-state index in [9.17, 15) is 26.4 Å². The SMILES string of the molecule is CC(C)(CCl)C(=O)NCCN(c1cccc(C(F)(F)F)c1)S(=O)(=O)c1ccccc1. The van der Waals surface area contributed by atoms with Gasteiger partial charge in [0, 0.05) is 12.4 Å². The van der Waals surface area contributed by atoms with Gasteiger partial charge in [-0.1, -0.05) is 24.3 Å². The van der Waals surface area contributed by atoms with E-state index < -0.39 is 33.1 Å². The van der Waals surface area contributed by atoms with Crippen molar-refractivity contribution in [1.82, 2.24) is 5.32 Å². The van der Waals surface area contributed by atoms with Crippen LogP contribution in [0.1, 0.15) is 19.4 Å². The maximum absolute atomic E-state index is 13.1. The molecule has 0 unspecified atom stereocenters. The standard InChI is InChI=1S/C20H22ClF3N2O3S/c1-19(2,14-21)18(27)25-11-12-26(30(28,29)17-9-4-3-5-10-17)16-8-6-7-15(13-16)20(22,23)24/h3-10,13H,11-12,14H2,1-2H3,(H,25,27). The topological polar surface area (TPSA) is 66.5 Å². The average Bonchev–Trinajstić information content (AvgIpc) is 2.71. The smallest absolute Gasteiger partial charge is 0.354 e. The molecule has 0 spiro atoms. The number of benzene rings is 2. The van der Waals surface area contributed by atoms with Crippen LogP contribution in [-0.4, -0.2) is 33.3 Å². The van der Waals surface area contributed by atoms with Crippen LogP contribution in [-0.2, 0) is 21.0 Å². The van der Waals surface area contributed by atoms with Gasteiger partial charge in [-0.2, -0.15) is 13.2 Å². The van der Waals surface area contributed by atoms with Crippen molar-refractivity contribution < 1.29 is 26.4 Å². The Morgan fingerprint density at radius 3 is 2.27 bits per heavy atom. The average molecular weight is 463 g/mol. The molecule has 0 heterocycles. The molecular weight excluding hydrogens is 441 g/mol. The predicted molar refractivity (Wildman–Crippen MR) is 110 cm³/mol.